The lowest BCUT2D eigenvalue weighted by molar-refractivity contribution is 0.107. The molecule has 4 nitrogen and oxygen atoms in total. The van der Waals surface area contributed by atoms with Gasteiger partial charge >= 0.3 is 0 Å². The van der Waals surface area contributed by atoms with Crippen LogP contribution in [0.4, 0.5) is 5.69 Å². The molecule has 0 spiro atoms. The Hall–Kier alpha value is -1.23. The number of fused-ring (bicyclic) bond motifs is 2. The molecular weight excluding hydrogens is 274 g/mol. The van der Waals surface area contributed by atoms with Gasteiger partial charge in [-0.3, -0.25) is 0 Å². The van der Waals surface area contributed by atoms with Gasteiger partial charge in [0.25, 0.3) is 0 Å². The molecule has 1 fully saturated rings. The summed E-state index contributed by atoms with van der Waals surface area (Å²) >= 11 is 0. The minimum absolute atomic E-state index is 0.217. The van der Waals surface area contributed by atoms with E-state index in [-0.39, 0.29) is 6.10 Å². The quantitative estimate of drug-likeness (QED) is 0.911. The lowest BCUT2D eigenvalue weighted by Crippen LogP contribution is -2.45. The summed E-state index contributed by atoms with van der Waals surface area (Å²) in [5, 5.41) is 3.49. The normalized spacial score (nSPS) is 28.8. The van der Waals surface area contributed by atoms with Gasteiger partial charge in [0.05, 0.1) is 16.6 Å². The van der Waals surface area contributed by atoms with Crippen LogP contribution in [0.15, 0.2) is 23.1 Å². The van der Waals surface area contributed by atoms with Crippen LogP contribution in [0.1, 0.15) is 32.6 Å². The fourth-order valence-electron chi connectivity index (χ4n) is 3.21. The fraction of sp³-hybridized carbons (Fsp3) is 0.600. The first kappa shape index (κ1) is 13.7. The monoisotopic (exact) mass is 295 g/mol. The summed E-state index contributed by atoms with van der Waals surface area (Å²) in [5.74, 6) is 1.51. The van der Waals surface area contributed by atoms with Crippen molar-refractivity contribution in [3.8, 4) is 5.75 Å². The van der Waals surface area contributed by atoms with Crippen LogP contribution in [0, 0.1) is 5.92 Å². The van der Waals surface area contributed by atoms with Gasteiger partial charge in [-0.2, -0.15) is 0 Å². The third-order valence-electron chi connectivity index (χ3n) is 4.47. The van der Waals surface area contributed by atoms with Crippen LogP contribution in [0.5, 0.6) is 5.75 Å². The number of sulfone groups is 1. The summed E-state index contributed by atoms with van der Waals surface area (Å²) < 4.78 is 29.3. The van der Waals surface area contributed by atoms with Crippen LogP contribution in [0.25, 0.3) is 0 Å². The van der Waals surface area contributed by atoms with Crippen molar-refractivity contribution in [2.24, 2.45) is 5.92 Å². The van der Waals surface area contributed by atoms with Crippen molar-refractivity contribution in [1.29, 1.82) is 0 Å². The molecule has 20 heavy (non-hydrogen) atoms. The number of hydrogen-bond donors (Lipinski definition) is 1. The van der Waals surface area contributed by atoms with Crippen molar-refractivity contribution in [1.82, 2.24) is 0 Å². The standard InChI is InChI=1S/C15H21NO3S/c1-3-10-4-6-14-12(8-10)16-13-9-11(20(2,17)18)5-7-15(13)19-14/h5,7,9-10,12,14,16H,3-4,6,8H2,1-2H3. The molecule has 1 N–H and O–H groups in total. The molecule has 0 saturated heterocycles. The van der Waals surface area contributed by atoms with E-state index in [1.165, 1.54) is 19.1 Å². The van der Waals surface area contributed by atoms with Crippen molar-refractivity contribution < 1.29 is 13.2 Å². The molecule has 110 valence electrons. The first-order valence-corrected chi connectivity index (χ1v) is 9.14. The average molecular weight is 295 g/mol. The zero-order valence-electron chi connectivity index (χ0n) is 11.9. The highest BCUT2D eigenvalue weighted by molar-refractivity contribution is 7.90. The predicted molar refractivity (Wildman–Crippen MR) is 79.0 cm³/mol. The summed E-state index contributed by atoms with van der Waals surface area (Å²) in [4.78, 5) is 0.341. The van der Waals surface area contributed by atoms with E-state index in [0.717, 1.165) is 30.2 Å². The maximum Gasteiger partial charge on any atom is 0.175 e. The number of hydrogen-bond acceptors (Lipinski definition) is 4. The molecule has 2 aliphatic rings. The highest BCUT2D eigenvalue weighted by Gasteiger charge is 2.35. The smallest absolute Gasteiger partial charge is 0.175 e. The molecule has 0 radical (unpaired) electrons. The van der Waals surface area contributed by atoms with Gasteiger partial charge in [-0.25, -0.2) is 8.42 Å². The summed E-state index contributed by atoms with van der Waals surface area (Å²) in [6.07, 6.45) is 6.04. The average Bonchev–Trinajstić information content (AvgIpc) is 2.42. The van der Waals surface area contributed by atoms with Crippen LogP contribution in [0.2, 0.25) is 0 Å². The van der Waals surface area contributed by atoms with Crippen molar-refractivity contribution in [2.45, 2.75) is 49.6 Å². The molecule has 0 aromatic heterocycles. The van der Waals surface area contributed by atoms with E-state index in [2.05, 4.69) is 12.2 Å². The second kappa shape index (κ2) is 4.95. The SMILES string of the molecule is CCC1CCC2Oc3ccc(S(C)(=O)=O)cc3NC2C1. The predicted octanol–water partition coefficient (Wildman–Crippen LogP) is 2.84. The Balaban J connectivity index is 1.88. The topological polar surface area (TPSA) is 55.4 Å². The van der Waals surface area contributed by atoms with E-state index in [4.69, 9.17) is 4.74 Å². The molecule has 1 aliphatic carbocycles. The molecule has 0 amide bonds. The first-order chi connectivity index (χ1) is 9.47. The van der Waals surface area contributed by atoms with Crippen molar-refractivity contribution in [3.05, 3.63) is 18.2 Å². The van der Waals surface area contributed by atoms with E-state index >= 15 is 0 Å². The van der Waals surface area contributed by atoms with Gasteiger partial charge in [0.15, 0.2) is 9.84 Å². The Morgan fingerprint density at radius 3 is 2.85 bits per heavy atom. The van der Waals surface area contributed by atoms with Crippen molar-refractivity contribution >= 4 is 15.5 Å². The number of anilines is 1. The van der Waals surface area contributed by atoms with Gasteiger partial charge < -0.3 is 10.1 Å². The van der Waals surface area contributed by atoms with Crippen LogP contribution in [0.3, 0.4) is 0 Å². The van der Waals surface area contributed by atoms with Gasteiger partial charge in [-0.15, -0.1) is 0 Å². The molecule has 1 aromatic rings. The van der Waals surface area contributed by atoms with Crippen molar-refractivity contribution in [3.63, 3.8) is 0 Å². The molecule has 1 aromatic carbocycles. The van der Waals surface area contributed by atoms with Crippen LogP contribution in [-0.4, -0.2) is 26.8 Å². The molecule has 5 heteroatoms. The van der Waals surface area contributed by atoms with Crippen LogP contribution >= 0.6 is 0 Å². The van der Waals surface area contributed by atoms with Gasteiger partial charge in [-0.1, -0.05) is 13.3 Å². The highest BCUT2D eigenvalue weighted by Crippen LogP contribution is 2.39. The minimum atomic E-state index is -3.18. The van der Waals surface area contributed by atoms with Crippen molar-refractivity contribution in [2.75, 3.05) is 11.6 Å². The second-order valence-electron chi connectivity index (χ2n) is 5.92. The van der Waals surface area contributed by atoms with E-state index in [9.17, 15) is 8.42 Å². The number of nitrogens with one attached hydrogen (secondary N) is 1. The first-order valence-electron chi connectivity index (χ1n) is 7.24. The highest BCUT2D eigenvalue weighted by atomic mass is 32.2. The summed E-state index contributed by atoms with van der Waals surface area (Å²) in [7, 11) is -3.18. The molecular formula is C15H21NO3S. The fourth-order valence-corrected chi connectivity index (χ4v) is 3.86. The van der Waals surface area contributed by atoms with Gasteiger partial charge in [0.2, 0.25) is 0 Å². The lowest BCUT2D eigenvalue weighted by Gasteiger charge is -2.41. The Kier molecular flexibility index (Phi) is 3.40. The molecule has 1 aliphatic heterocycles. The van der Waals surface area contributed by atoms with E-state index < -0.39 is 9.84 Å². The van der Waals surface area contributed by atoms with Crippen LogP contribution < -0.4 is 10.1 Å². The number of benzene rings is 1. The van der Waals surface area contributed by atoms with Gasteiger partial charge in [-0.05, 0) is 43.4 Å². The Bertz CT molecular complexity index is 612. The summed E-state index contributed by atoms with van der Waals surface area (Å²) in [6, 6.07) is 5.38. The van der Waals surface area contributed by atoms with Crippen LogP contribution in [-0.2, 0) is 9.84 Å². The molecule has 1 saturated carbocycles. The third kappa shape index (κ3) is 2.51. The van der Waals surface area contributed by atoms with E-state index in [1.54, 1.807) is 18.2 Å². The van der Waals surface area contributed by atoms with Gasteiger partial charge in [0, 0.05) is 6.26 Å². The zero-order chi connectivity index (χ0) is 14.3. The maximum atomic E-state index is 11.6. The molecule has 0 bridgehead atoms. The Morgan fingerprint density at radius 2 is 2.15 bits per heavy atom. The van der Waals surface area contributed by atoms with Gasteiger partial charge in [0.1, 0.15) is 11.9 Å². The summed E-state index contributed by atoms with van der Waals surface area (Å²) in [6.45, 7) is 2.23. The summed E-state index contributed by atoms with van der Waals surface area (Å²) in [5.41, 5.74) is 0.811. The molecule has 3 atom stereocenters. The Labute approximate surface area is 120 Å². The second-order valence-corrected chi connectivity index (χ2v) is 7.94. The number of ether oxygens (including phenoxy) is 1. The molecule has 3 rings (SSSR count). The van der Waals surface area contributed by atoms with E-state index in [0.29, 0.717) is 10.9 Å². The molecule has 1 heterocycles. The lowest BCUT2D eigenvalue weighted by atomic mass is 9.81. The largest absolute Gasteiger partial charge is 0.486 e. The zero-order valence-corrected chi connectivity index (χ0v) is 12.7. The number of rotatable bonds is 2. The van der Waals surface area contributed by atoms with E-state index in [1.807, 2.05) is 0 Å². The Morgan fingerprint density at radius 1 is 1.35 bits per heavy atom. The molecule has 3 unspecified atom stereocenters. The minimum Gasteiger partial charge on any atom is -0.486 e. The third-order valence-corrected chi connectivity index (χ3v) is 5.58. The maximum absolute atomic E-state index is 11.6.